The Balaban J connectivity index is 2.74. The fourth-order valence-electron chi connectivity index (χ4n) is 1.45. The number of alkyl halides is 2. The highest BCUT2D eigenvalue weighted by Gasteiger charge is 2.13. The molecular formula is C12H15Cl2F2NO2. The summed E-state index contributed by atoms with van der Waals surface area (Å²) in [6, 6.07) is 3.09. The standard InChI is InChI=1S/C12H15Cl2F2NO2/c1-18-3-2-17-6-8-4-9(13)5-10(14)12(8)19-7-11(15)16/h4-5,11,17H,2-3,6-7H2,1H3. The summed E-state index contributed by atoms with van der Waals surface area (Å²) in [6.07, 6.45) is -2.55. The topological polar surface area (TPSA) is 30.5 Å². The third kappa shape index (κ3) is 5.91. The van der Waals surface area contributed by atoms with Crippen LogP contribution < -0.4 is 10.1 Å². The first-order valence-corrected chi connectivity index (χ1v) is 6.38. The van der Waals surface area contributed by atoms with Gasteiger partial charge < -0.3 is 14.8 Å². The van der Waals surface area contributed by atoms with Crippen molar-refractivity contribution in [3.05, 3.63) is 27.7 Å². The molecule has 0 bridgehead atoms. The number of methoxy groups -OCH3 is 1. The SMILES string of the molecule is COCCNCc1cc(Cl)cc(Cl)c1OCC(F)F. The van der Waals surface area contributed by atoms with Gasteiger partial charge in [0.05, 0.1) is 11.6 Å². The molecule has 7 heteroatoms. The second-order valence-electron chi connectivity index (χ2n) is 3.75. The van der Waals surface area contributed by atoms with Crippen molar-refractivity contribution in [1.29, 1.82) is 0 Å². The molecule has 0 fully saturated rings. The van der Waals surface area contributed by atoms with Crippen LogP contribution in [0.1, 0.15) is 5.56 Å². The summed E-state index contributed by atoms with van der Waals surface area (Å²) in [5, 5.41) is 3.72. The minimum absolute atomic E-state index is 0.219. The molecule has 0 aliphatic rings. The Bertz CT molecular complexity index is 406. The van der Waals surface area contributed by atoms with Gasteiger partial charge in [-0.25, -0.2) is 8.78 Å². The van der Waals surface area contributed by atoms with Gasteiger partial charge in [0.1, 0.15) is 12.4 Å². The highest BCUT2D eigenvalue weighted by molar-refractivity contribution is 6.35. The maximum atomic E-state index is 12.2. The van der Waals surface area contributed by atoms with Crippen molar-refractivity contribution >= 4 is 23.2 Å². The van der Waals surface area contributed by atoms with Crippen molar-refractivity contribution in [1.82, 2.24) is 5.32 Å². The van der Waals surface area contributed by atoms with Crippen molar-refractivity contribution in [2.45, 2.75) is 13.0 Å². The highest BCUT2D eigenvalue weighted by Crippen LogP contribution is 2.32. The van der Waals surface area contributed by atoms with Gasteiger partial charge in [-0.2, -0.15) is 0 Å². The molecule has 1 aromatic rings. The van der Waals surface area contributed by atoms with E-state index in [-0.39, 0.29) is 10.8 Å². The molecule has 1 rings (SSSR count). The molecule has 1 N–H and O–H groups in total. The highest BCUT2D eigenvalue weighted by atomic mass is 35.5. The molecule has 0 aliphatic carbocycles. The molecular weight excluding hydrogens is 299 g/mol. The Morgan fingerprint density at radius 3 is 2.68 bits per heavy atom. The summed E-state index contributed by atoms with van der Waals surface area (Å²) < 4.78 is 34.3. The summed E-state index contributed by atoms with van der Waals surface area (Å²) in [7, 11) is 1.59. The lowest BCUT2D eigenvalue weighted by Gasteiger charge is -2.14. The number of hydrogen-bond acceptors (Lipinski definition) is 3. The monoisotopic (exact) mass is 313 g/mol. The van der Waals surface area contributed by atoms with E-state index in [0.29, 0.717) is 30.3 Å². The van der Waals surface area contributed by atoms with Gasteiger partial charge in [-0.05, 0) is 12.1 Å². The van der Waals surface area contributed by atoms with E-state index in [1.807, 2.05) is 0 Å². The fraction of sp³-hybridized carbons (Fsp3) is 0.500. The summed E-state index contributed by atoms with van der Waals surface area (Å²) in [5.41, 5.74) is 0.634. The molecule has 0 atom stereocenters. The summed E-state index contributed by atoms with van der Waals surface area (Å²) in [5.74, 6) is 0.233. The first kappa shape index (κ1) is 16.4. The average molecular weight is 314 g/mol. The first-order chi connectivity index (χ1) is 9.04. The van der Waals surface area contributed by atoms with E-state index in [0.717, 1.165) is 0 Å². The van der Waals surface area contributed by atoms with Crippen LogP contribution in [-0.2, 0) is 11.3 Å². The number of benzene rings is 1. The zero-order chi connectivity index (χ0) is 14.3. The summed E-state index contributed by atoms with van der Waals surface area (Å²) in [4.78, 5) is 0. The second kappa shape index (κ2) is 8.53. The molecule has 0 radical (unpaired) electrons. The van der Waals surface area contributed by atoms with Crippen LogP contribution in [0.3, 0.4) is 0 Å². The van der Waals surface area contributed by atoms with Crippen molar-refractivity contribution < 1.29 is 18.3 Å². The smallest absolute Gasteiger partial charge is 0.272 e. The van der Waals surface area contributed by atoms with E-state index < -0.39 is 13.0 Å². The normalized spacial score (nSPS) is 11.1. The van der Waals surface area contributed by atoms with Crippen molar-refractivity contribution in [2.24, 2.45) is 0 Å². The first-order valence-electron chi connectivity index (χ1n) is 5.63. The van der Waals surface area contributed by atoms with Gasteiger partial charge in [0.25, 0.3) is 6.43 Å². The van der Waals surface area contributed by atoms with Crippen LogP contribution in [0.15, 0.2) is 12.1 Å². The Morgan fingerprint density at radius 1 is 1.32 bits per heavy atom. The lowest BCUT2D eigenvalue weighted by molar-refractivity contribution is 0.0814. The lowest BCUT2D eigenvalue weighted by atomic mass is 10.2. The largest absolute Gasteiger partial charge is 0.486 e. The molecule has 0 aliphatic heterocycles. The lowest BCUT2D eigenvalue weighted by Crippen LogP contribution is -2.19. The molecule has 0 saturated heterocycles. The number of hydrogen-bond donors (Lipinski definition) is 1. The minimum atomic E-state index is -2.55. The van der Waals surface area contributed by atoms with E-state index in [4.69, 9.17) is 32.7 Å². The number of halogens is 4. The molecule has 0 amide bonds. The zero-order valence-electron chi connectivity index (χ0n) is 10.4. The number of nitrogens with one attached hydrogen (secondary N) is 1. The quantitative estimate of drug-likeness (QED) is 0.746. The van der Waals surface area contributed by atoms with Crippen molar-refractivity contribution in [3.63, 3.8) is 0 Å². The molecule has 108 valence electrons. The second-order valence-corrected chi connectivity index (χ2v) is 4.59. The number of ether oxygens (including phenoxy) is 2. The van der Waals surface area contributed by atoms with Crippen LogP contribution in [0.2, 0.25) is 10.0 Å². The van der Waals surface area contributed by atoms with Gasteiger partial charge in [0, 0.05) is 30.8 Å². The Morgan fingerprint density at radius 2 is 2.05 bits per heavy atom. The third-order valence-corrected chi connectivity index (χ3v) is 2.74. The summed E-state index contributed by atoms with van der Waals surface area (Å²) >= 11 is 11.8. The molecule has 0 heterocycles. The van der Waals surface area contributed by atoms with Crippen LogP contribution in [0, 0.1) is 0 Å². The Labute approximate surface area is 120 Å². The van der Waals surface area contributed by atoms with Gasteiger partial charge in [0.15, 0.2) is 0 Å². The maximum absolute atomic E-state index is 12.2. The minimum Gasteiger partial charge on any atom is -0.486 e. The predicted molar refractivity (Wildman–Crippen MR) is 71.5 cm³/mol. The van der Waals surface area contributed by atoms with E-state index in [2.05, 4.69) is 5.32 Å². The van der Waals surface area contributed by atoms with Crippen LogP contribution in [-0.4, -0.2) is 33.3 Å². The molecule has 0 saturated carbocycles. The fourth-order valence-corrected chi connectivity index (χ4v) is 2.04. The molecule has 0 aromatic heterocycles. The third-order valence-electron chi connectivity index (χ3n) is 2.24. The van der Waals surface area contributed by atoms with E-state index >= 15 is 0 Å². The molecule has 0 unspecified atom stereocenters. The van der Waals surface area contributed by atoms with Crippen LogP contribution >= 0.6 is 23.2 Å². The van der Waals surface area contributed by atoms with Crippen LogP contribution in [0.25, 0.3) is 0 Å². The van der Waals surface area contributed by atoms with Crippen molar-refractivity contribution in [2.75, 3.05) is 26.9 Å². The van der Waals surface area contributed by atoms with Gasteiger partial charge >= 0.3 is 0 Å². The molecule has 0 spiro atoms. The molecule has 3 nitrogen and oxygen atoms in total. The van der Waals surface area contributed by atoms with Gasteiger partial charge in [-0.1, -0.05) is 23.2 Å². The maximum Gasteiger partial charge on any atom is 0.272 e. The van der Waals surface area contributed by atoms with E-state index in [9.17, 15) is 8.78 Å². The average Bonchev–Trinajstić information content (AvgIpc) is 2.33. The summed E-state index contributed by atoms with van der Waals surface area (Å²) in [6.45, 7) is 0.866. The molecule has 19 heavy (non-hydrogen) atoms. The Kier molecular flexibility index (Phi) is 7.38. The van der Waals surface area contributed by atoms with Crippen LogP contribution in [0.4, 0.5) is 8.78 Å². The van der Waals surface area contributed by atoms with Gasteiger partial charge in [0.2, 0.25) is 0 Å². The van der Waals surface area contributed by atoms with E-state index in [1.165, 1.54) is 6.07 Å². The van der Waals surface area contributed by atoms with Crippen LogP contribution in [0.5, 0.6) is 5.75 Å². The van der Waals surface area contributed by atoms with Gasteiger partial charge in [-0.15, -0.1) is 0 Å². The number of rotatable bonds is 8. The zero-order valence-corrected chi connectivity index (χ0v) is 11.9. The Hall–Kier alpha value is -0.620. The predicted octanol–water partition coefficient (Wildman–Crippen LogP) is 3.37. The van der Waals surface area contributed by atoms with Gasteiger partial charge in [-0.3, -0.25) is 0 Å². The molecule has 1 aromatic carbocycles. The van der Waals surface area contributed by atoms with E-state index in [1.54, 1.807) is 13.2 Å². The van der Waals surface area contributed by atoms with Crippen molar-refractivity contribution in [3.8, 4) is 5.75 Å².